The summed E-state index contributed by atoms with van der Waals surface area (Å²) < 4.78 is 18.5. The Kier molecular flexibility index (Phi) is 2.93. The molecular formula is C14H12FNO4. The molecule has 1 N–H and O–H groups in total. The highest BCUT2D eigenvalue weighted by Crippen LogP contribution is 2.24. The molecule has 1 saturated heterocycles. The zero-order valence-electron chi connectivity index (χ0n) is 10.5. The zero-order chi connectivity index (χ0) is 14.3. The van der Waals surface area contributed by atoms with Crippen molar-refractivity contribution in [2.45, 2.75) is 6.42 Å². The van der Waals surface area contributed by atoms with Crippen molar-refractivity contribution >= 4 is 22.8 Å². The van der Waals surface area contributed by atoms with E-state index in [1.807, 2.05) is 0 Å². The van der Waals surface area contributed by atoms with Gasteiger partial charge in [0.1, 0.15) is 11.4 Å². The van der Waals surface area contributed by atoms with Crippen molar-refractivity contribution in [2.24, 2.45) is 5.92 Å². The molecular weight excluding hydrogens is 265 g/mol. The average molecular weight is 277 g/mol. The second-order valence-corrected chi connectivity index (χ2v) is 4.87. The van der Waals surface area contributed by atoms with E-state index in [0.29, 0.717) is 23.9 Å². The lowest BCUT2D eigenvalue weighted by Gasteiger charge is -2.13. The van der Waals surface area contributed by atoms with Crippen molar-refractivity contribution in [3.8, 4) is 0 Å². The largest absolute Gasteiger partial charge is 0.481 e. The fourth-order valence-corrected chi connectivity index (χ4v) is 2.42. The minimum atomic E-state index is -0.896. The molecule has 1 aromatic carbocycles. The van der Waals surface area contributed by atoms with Crippen molar-refractivity contribution in [3.63, 3.8) is 0 Å². The number of likely N-dealkylation sites (tertiary alicyclic amines) is 1. The first-order valence-corrected chi connectivity index (χ1v) is 6.26. The number of carbonyl (C=O) groups is 2. The van der Waals surface area contributed by atoms with Crippen molar-refractivity contribution in [2.75, 3.05) is 13.1 Å². The van der Waals surface area contributed by atoms with Gasteiger partial charge in [0, 0.05) is 18.5 Å². The van der Waals surface area contributed by atoms with Gasteiger partial charge in [0.05, 0.1) is 5.92 Å². The van der Waals surface area contributed by atoms with Gasteiger partial charge in [0.2, 0.25) is 0 Å². The lowest BCUT2D eigenvalue weighted by molar-refractivity contribution is -0.141. The van der Waals surface area contributed by atoms with Crippen LogP contribution in [-0.2, 0) is 4.79 Å². The van der Waals surface area contributed by atoms with Crippen molar-refractivity contribution in [1.82, 2.24) is 4.90 Å². The summed E-state index contributed by atoms with van der Waals surface area (Å²) in [6.45, 7) is 0.570. The molecule has 5 nitrogen and oxygen atoms in total. The molecule has 1 aliphatic heterocycles. The van der Waals surface area contributed by atoms with Gasteiger partial charge in [-0.3, -0.25) is 9.59 Å². The van der Waals surface area contributed by atoms with Crippen LogP contribution in [0.1, 0.15) is 17.0 Å². The van der Waals surface area contributed by atoms with Crippen LogP contribution in [0.15, 0.2) is 28.7 Å². The van der Waals surface area contributed by atoms with E-state index in [4.69, 9.17) is 9.52 Å². The highest BCUT2D eigenvalue weighted by atomic mass is 19.1. The summed E-state index contributed by atoms with van der Waals surface area (Å²) in [6.07, 6.45) is 0.440. The second-order valence-electron chi connectivity index (χ2n) is 4.87. The van der Waals surface area contributed by atoms with E-state index in [-0.39, 0.29) is 18.2 Å². The maximum absolute atomic E-state index is 13.1. The van der Waals surface area contributed by atoms with Gasteiger partial charge < -0.3 is 14.4 Å². The number of amides is 1. The number of benzene rings is 1. The molecule has 0 saturated carbocycles. The van der Waals surface area contributed by atoms with E-state index >= 15 is 0 Å². The van der Waals surface area contributed by atoms with Crippen LogP contribution in [0.3, 0.4) is 0 Å². The van der Waals surface area contributed by atoms with Gasteiger partial charge >= 0.3 is 5.97 Å². The lowest BCUT2D eigenvalue weighted by Crippen LogP contribution is -2.29. The standard InChI is InChI=1S/C14H12FNO4/c15-10-1-2-11-9(5-10)6-12(20-11)13(17)16-4-3-8(7-16)14(18)19/h1-2,5-6,8H,3-4,7H2,(H,18,19)/t8-/m0/s1. The molecule has 0 radical (unpaired) electrons. The van der Waals surface area contributed by atoms with Crippen molar-refractivity contribution in [1.29, 1.82) is 0 Å². The Morgan fingerprint density at radius 3 is 2.85 bits per heavy atom. The first-order chi connectivity index (χ1) is 9.54. The summed E-state index contributed by atoms with van der Waals surface area (Å²) in [5.41, 5.74) is 0.434. The van der Waals surface area contributed by atoms with Crippen LogP contribution >= 0.6 is 0 Å². The Morgan fingerprint density at radius 2 is 2.15 bits per heavy atom. The third kappa shape index (κ3) is 2.13. The minimum Gasteiger partial charge on any atom is -0.481 e. The average Bonchev–Trinajstić information content (AvgIpc) is 3.03. The molecule has 2 heterocycles. The Morgan fingerprint density at radius 1 is 1.35 bits per heavy atom. The summed E-state index contributed by atoms with van der Waals surface area (Å²) in [4.78, 5) is 24.5. The van der Waals surface area contributed by atoms with Gasteiger partial charge in [-0.15, -0.1) is 0 Å². The Bertz CT molecular complexity index is 694. The molecule has 3 rings (SSSR count). The zero-order valence-corrected chi connectivity index (χ0v) is 10.5. The number of carboxylic acid groups (broad SMARTS) is 1. The number of hydrogen-bond acceptors (Lipinski definition) is 3. The van der Waals surface area contributed by atoms with E-state index in [2.05, 4.69) is 0 Å². The van der Waals surface area contributed by atoms with Gasteiger partial charge in [-0.25, -0.2) is 4.39 Å². The summed E-state index contributed by atoms with van der Waals surface area (Å²) in [5, 5.41) is 9.44. The second kappa shape index (κ2) is 4.63. The quantitative estimate of drug-likeness (QED) is 0.912. The predicted octanol–water partition coefficient (Wildman–Crippen LogP) is 2.12. The molecule has 6 heteroatoms. The molecule has 1 atom stereocenters. The number of hydrogen-bond donors (Lipinski definition) is 1. The summed E-state index contributed by atoms with van der Waals surface area (Å²) >= 11 is 0. The third-order valence-corrected chi connectivity index (χ3v) is 3.51. The first kappa shape index (κ1) is 12.7. The number of rotatable bonds is 2. The third-order valence-electron chi connectivity index (χ3n) is 3.51. The number of aliphatic carboxylic acids is 1. The van der Waals surface area contributed by atoms with Crippen LogP contribution < -0.4 is 0 Å². The van der Waals surface area contributed by atoms with Crippen LogP contribution in [0.2, 0.25) is 0 Å². The Hall–Kier alpha value is -2.37. The Labute approximate surface area is 113 Å². The van der Waals surface area contributed by atoms with E-state index in [1.54, 1.807) is 0 Å². The SMILES string of the molecule is O=C(O)[C@H]1CCN(C(=O)c2cc3cc(F)ccc3o2)C1. The van der Waals surface area contributed by atoms with Crippen LogP contribution in [0.4, 0.5) is 4.39 Å². The number of halogens is 1. The fourth-order valence-electron chi connectivity index (χ4n) is 2.42. The molecule has 104 valence electrons. The molecule has 20 heavy (non-hydrogen) atoms. The number of carbonyl (C=O) groups excluding carboxylic acids is 1. The molecule has 2 aromatic rings. The number of fused-ring (bicyclic) bond motifs is 1. The van der Waals surface area contributed by atoms with Gasteiger partial charge in [-0.1, -0.05) is 0 Å². The topological polar surface area (TPSA) is 70.8 Å². The molecule has 1 amide bonds. The summed E-state index contributed by atoms with van der Waals surface area (Å²) in [5.74, 6) is -2.07. The molecule has 0 aliphatic carbocycles. The molecule has 0 bridgehead atoms. The molecule has 1 aromatic heterocycles. The lowest BCUT2D eigenvalue weighted by atomic mass is 10.1. The summed E-state index contributed by atoms with van der Waals surface area (Å²) in [6, 6.07) is 5.50. The van der Waals surface area contributed by atoms with E-state index in [9.17, 15) is 14.0 Å². The first-order valence-electron chi connectivity index (χ1n) is 6.26. The van der Waals surface area contributed by atoms with E-state index in [1.165, 1.54) is 29.2 Å². The molecule has 1 aliphatic rings. The smallest absolute Gasteiger partial charge is 0.308 e. The number of nitrogens with zero attached hydrogens (tertiary/aromatic N) is 1. The monoisotopic (exact) mass is 277 g/mol. The highest BCUT2D eigenvalue weighted by Gasteiger charge is 2.32. The van der Waals surface area contributed by atoms with E-state index in [0.717, 1.165) is 0 Å². The van der Waals surface area contributed by atoms with Crippen LogP contribution in [-0.4, -0.2) is 35.0 Å². The van der Waals surface area contributed by atoms with Gasteiger partial charge in [-0.05, 0) is 30.7 Å². The van der Waals surface area contributed by atoms with Crippen LogP contribution in [0, 0.1) is 11.7 Å². The van der Waals surface area contributed by atoms with Gasteiger partial charge in [0.15, 0.2) is 5.76 Å². The van der Waals surface area contributed by atoms with Crippen LogP contribution in [0.25, 0.3) is 11.0 Å². The maximum atomic E-state index is 13.1. The predicted molar refractivity (Wildman–Crippen MR) is 67.8 cm³/mol. The van der Waals surface area contributed by atoms with Crippen molar-refractivity contribution in [3.05, 3.63) is 35.8 Å². The van der Waals surface area contributed by atoms with Crippen LogP contribution in [0.5, 0.6) is 0 Å². The molecule has 1 fully saturated rings. The Balaban J connectivity index is 1.84. The molecule has 0 spiro atoms. The van der Waals surface area contributed by atoms with Gasteiger partial charge in [0.25, 0.3) is 5.91 Å². The van der Waals surface area contributed by atoms with Crippen molar-refractivity contribution < 1.29 is 23.5 Å². The normalized spacial score (nSPS) is 18.6. The highest BCUT2D eigenvalue weighted by molar-refractivity contribution is 5.96. The van der Waals surface area contributed by atoms with E-state index < -0.39 is 17.7 Å². The minimum absolute atomic E-state index is 0.108. The molecule has 0 unspecified atom stereocenters. The maximum Gasteiger partial charge on any atom is 0.308 e. The number of carboxylic acids is 1. The van der Waals surface area contributed by atoms with Gasteiger partial charge in [-0.2, -0.15) is 0 Å². The fraction of sp³-hybridized carbons (Fsp3) is 0.286. The number of furan rings is 1. The summed E-state index contributed by atoms with van der Waals surface area (Å²) in [7, 11) is 0.